The number of amides is 1. The minimum Gasteiger partial charge on any atom is -0.435 e. The quantitative estimate of drug-likeness (QED) is 0.482. The Kier molecular flexibility index (Phi) is 8.13. The van der Waals surface area contributed by atoms with E-state index >= 15 is 0 Å². The molecule has 0 aliphatic heterocycles. The Bertz CT molecular complexity index is 750. The average molecular weight is 392 g/mol. The summed E-state index contributed by atoms with van der Waals surface area (Å²) in [5.41, 5.74) is 2.32. The Morgan fingerprint density at radius 3 is 2.33 bits per heavy atom. The number of carbonyl (C=O) groups is 1. The second-order valence-electron chi connectivity index (χ2n) is 5.97. The first-order valence-corrected chi connectivity index (χ1v) is 9.15. The third-order valence-electron chi connectivity index (χ3n) is 3.85. The number of halogens is 2. The molecule has 0 aromatic heterocycles. The van der Waals surface area contributed by atoms with E-state index in [4.69, 9.17) is 12.2 Å². The van der Waals surface area contributed by atoms with E-state index in [9.17, 15) is 13.6 Å². The third kappa shape index (κ3) is 7.30. The van der Waals surface area contributed by atoms with E-state index in [-0.39, 0.29) is 16.4 Å². The van der Waals surface area contributed by atoms with Crippen LogP contribution in [0.2, 0.25) is 0 Å². The maximum atomic E-state index is 12.2. The first kappa shape index (κ1) is 20.8. The molecule has 2 aromatic carbocycles. The molecule has 0 bridgehead atoms. The maximum absolute atomic E-state index is 12.2. The van der Waals surface area contributed by atoms with Gasteiger partial charge in [-0.25, -0.2) is 0 Å². The molecule has 144 valence electrons. The van der Waals surface area contributed by atoms with Gasteiger partial charge in [-0.3, -0.25) is 10.1 Å². The summed E-state index contributed by atoms with van der Waals surface area (Å²) < 4.78 is 28.5. The lowest BCUT2D eigenvalue weighted by Gasteiger charge is -2.11. The van der Waals surface area contributed by atoms with E-state index < -0.39 is 12.5 Å². The summed E-state index contributed by atoms with van der Waals surface area (Å²) in [6, 6.07) is 13.3. The van der Waals surface area contributed by atoms with Crippen molar-refractivity contribution in [1.29, 1.82) is 0 Å². The number of alkyl halides is 2. The molecule has 0 saturated heterocycles. The topological polar surface area (TPSA) is 50.4 Å². The first-order chi connectivity index (χ1) is 13.0. The van der Waals surface area contributed by atoms with Gasteiger partial charge in [-0.1, -0.05) is 31.9 Å². The summed E-state index contributed by atoms with van der Waals surface area (Å²) in [5, 5.41) is 5.66. The second kappa shape index (κ2) is 10.6. The van der Waals surface area contributed by atoms with Crippen molar-refractivity contribution < 1.29 is 18.3 Å². The van der Waals surface area contributed by atoms with Crippen LogP contribution in [0.15, 0.2) is 48.5 Å². The molecular weight excluding hydrogens is 370 g/mol. The van der Waals surface area contributed by atoms with Crippen LogP contribution in [0.25, 0.3) is 0 Å². The predicted octanol–water partition coefficient (Wildman–Crippen LogP) is 5.15. The molecule has 2 N–H and O–H groups in total. The number of rotatable bonds is 8. The molecule has 0 spiro atoms. The molecule has 2 rings (SSSR count). The van der Waals surface area contributed by atoms with Crippen LogP contribution in [0, 0.1) is 0 Å². The highest BCUT2D eigenvalue weighted by Crippen LogP contribution is 2.15. The molecule has 2 aromatic rings. The number of benzene rings is 2. The van der Waals surface area contributed by atoms with Gasteiger partial charge in [-0.15, -0.1) is 0 Å². The summed E-state index contributed by atoms with van der Waals surface area (Å²) >= 11 is 5.15. The molecule has 4 nitrogen and oxygen atoms in total. The zero-order valence-corrected chi connectivity index (χ0v) is 15.8. The normalized spacial score (nSPS) is 10.5. The summed E-state index contributed by atoms with van der Waals surface area (Å²) in [6.07, 6.45) is 4.61. The maximum Gasteiger partial charge on any atom is 0.387 e. The lowest BCUT2D eigenvalue weighted by Crippen LogP contribution is -2.34. The van der Waals surface area contributed by atoms with Gasteiger partial charge in [0.2, 0.25) is 0 Å². The van der Waals surface area contributed by atoms with Gasteiger partial charge < -0.3 is 10.1 Å². The number of hydrogen-bond acceptors (Lipinski definition) is 3. The Balaban J connectivity index is 1.84. The summed E-state index contributed by atoms with van der Waals surface area (Å²) in [6.45, 7) is -0.729. The zero-order chi connectivity index (χ0) is 19.6. The minimum atomic E-state index is -2.90. The van der Waals surface area contributed by atoms with Crippen LogP contribution in [0.1, 0.15) is 42.1 Å². The van der Waals surface area contributed by atoms with Gasteiger partial charge in [-0.05, 0) is 67.0 Å². The number of unbranched alkanes of at least 4 members (excludes halogenated alkanes) is 2. The average Bonchev–Trinajstić information content (AvgIpc) is 2.63. The molecule has 0 radical (unpaired) electrons. The third-order valence-corrected chi connectivity index (χ3v) is 4.05. The van der Waals surface area contributed by atoms with Gasteiger partial charge in [-0.2, -0.15) is 8.78 Å². The van der Waals surface area contributed by atoms with Gasteiger partial charge in [0.25, 0.3) is 5.91 Å². The van der Waals surface area contributed by atoms with E-state index in [0.717, 1.165) is 12.1 Å². The summed E-state index contributed by atoms with van der Waals surface area (Å²) in [4.78, 5) is 12.2. The highest BCUT2D eigenvalue weighted by Gasteiger charge is 2.10. The van der Waals surface area contributed by atoms with E-state index in [2.05, 4.69) is 22.3 Å². The number of thiocarbonyl (C=S) groups is 1. The predicted molar refractivity (Wildman–Crippen MR) is 106 cm³/mol. The molecule has 0 aliphatic rings. The van der Waals surface area contributed by atoms with Gasteiger partial charge in [0.1, 0.15) is 5.75 Å². The molecule has 7 heteroatoms. The van der Waals surface area contributed by atoms with Crippen molar-refractivity contribution >= 4 is 28.9 Å². The van der Waals surface area contributed by atoms with Gasteiger partial charge >= 0.3 is 6.61 Å². The summed E-state index contributed by atoms with van der Waals surface area (Å²) in [7, 11) is 0. The SMILES string of the molecule is CCCCCc1ccc(NC(=S)NC(=O)c2ccc(OC(F)F)cc2)cc1. The molecule has 0 unspecified atom stereocenters. The van der Waals surface area contributed by atoms with Crippen molar-refractivity contribution in [2.24, 2.45) is 0 Å². The van der Waals surface area contributed by atoms with Crippen molar-refractivity contribution in [1.82, 2.24) is 5.32 Å². The Morgan fingerprint density at radius 2 is 1.74 bits per heavy atom. The van der Waals surface area contributed by atoms with Crippen LogP contribution in [0.5, 0.6) is 5.75 Å². The van der Waals surface area contributed by atoms with Gasteiger partial charge in [0.15, 0.2) is 5.11 Å². The van der Waals surface area contributed by atoms with Crippen LogP contribution in [0.3, 0.4) is 0 Å². The van der Waals surface area contributed by atoms with Gasteiger partial charge in [0.05, 0.1) is 0 Å². The number of nitrogens with one attached hydrogen (secondary N) is 2. The van der Waals surface area contributed by atoms with E-state index in [1.807, 2.05) is 24.3 Å². The minimum absolute atomic E-state index is 0.0127. The highest BCUT2D eigenvalue weighted by atomic mass is 32.1. The van der Waals surface area contributed by atoms with Crippen molar-refractivity contribution in [2.45, 2.75) is 39.2 Å². The largest absolute Gasteiger partial charge is 0.435 e. The van der Waals surface area contributed by atoms with Crippen molar-refractivity contribution in [3.8, 4) is 5.75 Å². The fraction of sp³-hybridized carbons (Fsp3) is 0.300. The lowest BCUT2D eigenvalue weighted by molar-refractivity contribution is -0.0498. The van der Waals surface area contributed by atoms with E-state index in [1.165, 1.54) is 49.1 Å². The van der Waals surface area contributed by atoms with Crippen LogP contribution < -0.4 is 15.4 Å². The molecule has 0 fully saturated rings. The number of anilines is 1. The van der Waals surface area contributed by atoms with Gasteiger partial charge in [0, 0.05) is 11.3 Å². The monoisotopic (exact) mass is 392 g/mol. The van der Waals surface area contributed by atoms with E-state index in [1.54, 1.807) is 0 Å². The number of hydrogen-bond donors (Lipinski definition) is 2. The van der Waals surface area contributed by atoms with Crippen LogP contribution in [-0.4, -0.2) is 17.6 Å². The second-order valence-corrected chi connectivity index (χ2v) is 6.37. The van der Waals surface area contributed by atoms with Crippen LogP contribution >= 0.6 is 12.2 Å². The summed E-state index contributed by atoms with van der Waals surface area (Å²) in [5.74, 6) is -0.450. The standard InChI is InChI=1S/C20H22F2N2O2S/c1-2-3-4-5-14-6-10-16(11-7-14)23-20(27)24-18(25)15-8-12-17(13-9-15)26-19(21)22/h6-13,19H,2-5H2,1H3,(H2,23,24,25,27). The molecule has 1 amide bonds. The van der Waals surface area contributed by atoms with Crippen molar-refractivity contribution in [3.05, 3.63) is 59.7 Å². The first-order valence-electron chi connectivity index (χ1n) is 8.74. The smallest absolute Gasteiger partial charge is 0.387 e. The number of aryl methyl sites for hydroxylation is 1. The fourth-order valence-corrected chi connectivity index (χ4v) is 2.67. The molecule has 0 heterocycles. The number of ether oxygens (including phenoxy) is 1. The molecule has 0 saturated carbocycles. The van der Waals surface area contributed by atoms with E-state index in [0.29, 0.717) is 0 Å². The van der Waals surface area contributed by atoms with Crippen molar-refractivity contribution in [2.75, 3.05) is 5.32 Å². The fourth-order valence-electron chi connectivity index (χ4n) is 2.46. The molecule has 27 heavy (non-hydrogen) atoms. The van der Waals surface area contributed by atoms with Crippen molar-refractivity contribution in [3.63, 3.8) is 0 Å². The van der Waals surface area contributed by atoms with Crippen LogP contribution in [-0.2, 0) is 6.42 Å². The Labute approximate surface area is 162 Å². The Morgan fingerprint density at radius 1 is 1.07 bits per heavy atom. The van der Waals surface area contributed by atoms with Crippen LogP contribution in [0.4, 0.5) is 14.5 Å². The molecule has 0 aliphatic carbocycles. The molecule has 0 atom stereocenters. The Hall–Kier alpha value is -2.54. The highest BCUT2D eigenvalue weighted by molar-refractivity contribution is 7.80. The molecular formula is C20H22F2N2O2S. The zero-order valence-electron chi connectivity index (χ0n) is 15.0. The number of carbonyl (C=O) groups excluding carboxylic acids is 1. The lowest BCUT2D eigenvalue weighted by atomic mass is 10.1.